The first-order valence-corrected chi connectivity index (χ1v) is 13.1. The fourth-order valence-corrected chi connectivity index (χ4v) is 5.08. The van der Waals surface area contributed by atoms with Gasteiger partial charge in [-0.05, 0) is 69.4 Å². The van der Waals surface area contributed by atoms with Gasteiger partial charge in [0, 0.05) is 61.1 Å². The fourth-order valence-electron chi connectivity index (χ4n) is 5.08. The van der Waals surface area contributed by atoms with Gasteiger partial charge in [-0.15, -0.1) is 0 Å². The highest BCUT2D eigenvalue weighted by Crippen LogP contribution is 2.35. The van der Waals surface area contributed by atoms with E-state index in [-0.39, 0.29) is 11.8 Å². The Labute approximate surface area is 230 Å². The standard InChI is InChI=1S/C30H31F3N4O3/c1-19(2)40-23-8-6-22(7-9-23)37-27-11-4-20(26-10-5-21(17-34-26)30(31,32)33)16-24(27)25(28(37)29(38)39)18-36-14-12-35(3)13-15-36/h4-11,16-17,19H,12-15,18H2,1-3H3,(H,38,39). The summed E-state index contributed by atoms with van der Waals surface area (Å²) in [5, 5.41) is 11.2. The number of benzene rings is 2. The molecule has 4 aromatic rings. The number of nitrogens with zero attached hydrogens (tertiary/aromatic N) is 4. The van der Waals surface area contributed by atoms with E-state index in [1.165, 1.54) is 6.07 Å². The number of likely N-dealkylation sites (N-methyl/N-ethyl adjacent to an activating group) is 1. The maximum absolute atomic E-state index is 13.1. The fraction of sp³-hybridized carbons (Fsp3) is 0.333. The molecule has 7 nitrogen and oxygen atoms in total. The van der Waals surface area contributed by atoms with E-state index in [1.54, 1.807) is 10.6 Å². The van der Waals surface area contributed by atoms with Crippen LogP contribution < -0.4 is 4.74 Å². The Balaban J connectivity index is 1.65. The van der Waals surface area contributed by atoms with Crippen molar-refractivity contribution in [1.29, 1.82) is 0 Å². The number of carbonyl (C=O) groups is 1. The lowest BCUT2D eigenvalue weighted by molar-refractivity contribution is -0.137. The maximum atomic E-state index is 13.1. The van der Waals surface area contributed by atoms with E-state index in [2.05, 4.69) is 21.8 Å². The smallest absolute Gasteiger partial charge is 0.417 e. The van der Waals surface area contributed by atoms with Crippen LogP contribution in [0.15, 0.2) is 60.8 Å². The molecule has 0 bridgehead atoms. The van der Waals surface area contributed by atoms with Gasteiger partial charge in [0.15, 0.2) is 0 Å². The number of carboxylic acids is 1. The van der Waals surface area contributed by atoms with Crippen molar-refractivity contribution < 1.29 is 27.8 Å². The number of pyridine rings is 1. The molecule has 3 heterocycles. The molecule has 2 aromatic heterocycles. The van der Waals surface area contributed by atoms with Crippen molar-refractivity contribution in [3.63, 3.8) is 0 Å². The van der Waals surface area contributed by atoms with Gasteiger partial charge in [0.2, 0.25) is 0 Å². The summed E-state index contributed by atoms with van der Waals surface area (Å²) >= 11 is 0. The van der Waals surface area contributed by atoms with E-state index in [4.69, 9.17) is 4.74 Å². The van der Waals surface area contributed by atoms with Gasteiger partial charge in [0.25, 0.3) is 0 Å². The van der Waals surface area contributed by atoms with Gasteiger partial charge in [-0.3, -0.25) is 9.88 Å². The monoisotopic (exact) mass is 552 g/mol. The number of hydrogen-bond acceptors (Lipinski definition) is 5. The molecule has 0 atom stereocenters. The van der Waals surface area contributed by atoms with Gasteiger partial charge in [0.1, 0.15) is 11.4 Å². The Morgan fingerprint density at radius 3 is 2.30 bits per heavy atom. The zero-order chi connectivity index (χ0) is 28.6. The second kappa shape index (κ2) is 10.9. The van der Waals surface area contributed by atoms with E-state index >= 15 is 0 Å². The van der Waals surface area contributed by atoms with Gasteiger partial charge in [-0.1, -0.05) is 6.07 Å². The van der Waals surface area contributed by atoms with Crippen LogP contribution in [0.1, 0.15) is 35.5 Å². The Hall–Kier alpha value is -3.89. The second-order valence-electron chi connectivity index (χ2n) is 10.4. The Morgan fingerprint density at radius 2 is 1.73 bits per heavy atom. The number of carboxylic acid groups (broad SMARTS) is 1. The van der Waals surface area contributed by atoms with E-state index < -0.39 is 17.7 Å². The van der Waals surface area contributed by atoms with Crippen LogP contribution in [0, 0.1) is 0 Å². The summed E-state index contributed by atoms with van der Waals surface area (Å²) in [6.45, 7) is 7.64. The highest BCUT2D eigenvalue weighted by Gasteiger charge is 2.31. The lowest BCUT2D eigenvalue weighted by Crippen LogP contribution is -2.44. The predicted octanol–water partition coefficient (Wildman–Crippen LogP) is 5.94. The summed E-state index contributed by atoms with van der Waals surface area (Å²) < 4.78 is 46.8. The maximum Gasteiger partial charge on any atom is 0.417 e. The van der Waals surface area contributed by atoms with Crippen LogP contribution in [0.2, 0.25) is 0 Å². The molecule has 0 radical (unpaired) electrons. The Morgan fingerprint density at radius 1 is 1.02 bits per heavy atom. The number of halogens is 3. The topological polar surface area (TPSA) is 70.8 Å². The molecular formula is C30H31F3N4O3. The van der Waals surface area contributed by atoms with Crippen molar-refractivity contribution in [3.05, 3.63) is 77.6 Å². The molecule has 40 heavy (non-hydrogen) atoms. The molecule has 0 spiro atoms. The lowest BCUT2D eigenvalue weighted by atomic mass is 10.0. The van der Waals surface area contributed by atoms with Gasteiger partial charge < -0.3 is 19.3 Å². The van der Waals surface area contributed by atoms with Crippen LogP contribution in [-0.2, 0) is 12.7 Å². The molecule has 0 saturated carbocycles. The zero-order valence-electron chi connectivity index (χ0n) is 22.6. The second-order valence-corrected chi connectivity index (χ2v) is 10.4. The van der Waals surface area contributed by atoms with Crippen LogP contribution in [0.5, 0.6) is 5.75 Å². The quantitative estimate of drug-likeness (QED) is 0.306. The lowest BCUT2D eigenvalue weighted by Gasteiger charge is -2.32. The first kappa shape index (κ1) is 27.7. The summed E-state index contributed by atoms with van der Waals surface area (Å²) in [6, 6.07) is 15.0. The minimum atomic E-state index is -4.48. The average molecular weight is 553 g/mol. The van der Waals surface area contributed by atoms with Crippen molar-refractivity contribution >= 4 is 16.9 Å². The van der Waals surface area contributed by atoms with Gasteiger partial charge in [-0.25, -0.2) is 4.79 Å². The van der Waals surface area contributed by atoms with Gasteiger partial charge >= 0.3 is 12.1 Å². The number of hydrogen-bond donors (Lipinski definition) is 1. The van der Waals surface area contributed by atoms with E-state index in [9.17, 15) is 23.1 Å². The van der Waals surface area contributed by atoms with Crippen LogP contribution in [-0.4, -0.2) is 69.8 Å². The van der Waals surface area contributed by atoms with Crippen LogP contribution in [0.3, 0.4) is 0 Å². The molecule has 0 unspecified atom stereocenters. The summed E-state index contributed by atoms with van der Waals surface area (Å²) in [5.41, 5.74) is 2.33. The Bertz CT molecular complexity index is 1500. The predicted molar refractivity (Wildman–Crippen MR) is 147 cm³/mol. The molecule has 210 valence electrons. The summed E-state index contributed by atoms with van der Waals surface area (Å²) in [7, 11) is 2.06. The van der Waals surface area contributed by atoms with E-state index in [1.807, 2.05) is 50.2 Å². The Kier molecular flexibility index (Phi) is 7.57. The summed E-state index contributed by atoms with van der Waals surface area (Å²) in [6.07, 6.45) is -3.66. The average Bonchev–Trinajstić information content (AvgIpc) is 3.23. The highest BCUT2D eigenvalue weighted by atomic mass is 19.4. The molecule has 1 aliphatic rings. The number of aromatic nitrogens is 2. The molecule has 0 aliphatic carbocycles. The number of piperazine rings is 1. The van der Waals surface area contributed by atoms with Crippen molar-refractivity contribution in [2.45, 2.75) is 32.7 Å². The van der Waals surface area contributed by atoms with Crippen LogP contribution in [0.25, 0.3) is 27.8 Å². The molecular weight excluding hydrogens is 521 g/mol. The normalized spacial score (nSPS) is 15.2. The van der Waals surface area contributed by atoms with Crippen LogP contribution >= 0.6 is 0 Å². The number of aromatic carboxylic acids is 1. The summed E-state index contributed by atoms with van der Waals surface area (Å²) in [5.74, 6) is -0.377. The van der Waals surface area contributed by atoms with Gasteiger partial charge in [-0.2, -0.15) is 13.2 Å². The van der Waals surface area contributed by atoms with Gasteiger partial charge in [0.05, 0.1) is 22.9 Å². The number of rotatable bonds is 7. The third-order valence-corrected chi connectivity index (χ3v) is 7.11. The van der Waals surface area contributed by atoms with E-state index in [0.717, 1.165) is 43.8 Å². The number of alkyl halides is 3. The van der Waals surface area contributed by atoms with Crippen molar-refractivity contribution in [2.75, 3.05) is 33.2 Å². The van der Waals surface area contributed by atoms with Crippen molar-refractivity contribution in [3.8, 4) is 22.7 Å². The number of ether oxygens (including phenoxy) is 1. The molecule has 1 saturated heterocycles. The SMILES string of the molecule is CC(C)Oc1ccc(-n2c(C(=O)O)c(CN3CCN(C)CC3)c3cc(-c4ccc(C(F)(F)F)cn4)ccc32)cc1. The highest BCUT2D eigenvalue weighted by molar-refractivity contribution is 6.01. The van der Waals surface area contributed by atoms with Crippen LogP contribution in [0.4, 0.5) is 13.2 Å². The van der Waals surface area contributed by atoms with Crippen molar-refractivity contribution in [2.24, 2.45) is 0 Å². The first-order valence-electron chi connectivity index (χ1n) is 13.1. The largest absolute Gasteiger partial charge is 0.491 e. The third-order valence-electron chi connectivity index (χ3n) is 7.11. The molecule has 1 aliphatic heterocycles. The molecule has 1 N–H and O–H groups in total. The molecule has 2 aromatic carbocycles. The third kappa shape index (κ3) is 5.68. The molecule has 10 heteroatoms. The minimum Gasteiger partial charge on any atom is -0.491 e. The number of fused-ring (bicyclic) bond motifs is 1. The van der Waals surface area contributed by atoms with E-state index in [0.29, 0.717) is 40.3 Å². The first-order chi connectivity index (χ1) is 19.0. The molecule has 0 amide bonds. The minimum absolute atomic E-state index is 0.000238. The molecule has 5 rings (SSSR count). The zero-order valence-corrected chi connectivity index (χ0v) is 22.6. The summed E-state index contributed by atoms with van der Waals surface area (Å²) in [4.78, 5) is 21.3. The molecule has 1 fully saturated rings. The van der Waals surface area contributed by atoms with Crippen molar-refractivity contribution in [1.82, 2.24) is 19.4 Å².